The van der Waals surface area contributed by atoms with Crippen LogP contribution < -0.4 is 5.73 Å². The number of fused-ring (bicyclic) bond motifs is 2. The lowest BCUT2D eigenvalue weighted by atomic mass is 10.1. The zero-order valence-electron chi connectivity index (χ0n) is 13.5. The number of hydrogen-bond donors (Lipinski definition) is 3. The molecule has 5 nitrogen and oxygen atoms in total. The van der Waals surface area contributed by atoms with E-state index < -0.39 is 6.10 Å². The van der Waals surface area contributed by atoms with Gasteiger partial charge in [-0.3, -0.25) is 0 Å². The van der Waals surface area contributed by atoms with Gasteiger partial charge in [-0.2, -0.15) is 0 Å². The Morgan fingerprint density at radius 1 is 1.23 bits per heavy atom. The molecule has 1 atom stereocenters. The summed E-state index contributed by atoms with van der Waals surface area (Å²) in [5.74, 6) is 0.718. The second kappa shape index (κ2) is 6.87. The number of halogens is 3. The van der Waals surface area contributed by atoms with Gasteiger partial charge in [0.25, 0.3) is 0 Å². The van der Waals surface area contributed by atoms with Crippen LogP contribution in [-0.4, -0.2) is 32.3 Å². The summed E-state index contributed by atoms with van der Waals surface area (Å²) in [7, 11) is 0. The third-order valence-electron chi connectivity index (χ3n) is 4.34. The molecule has 0 fully saturated rings. The molecule has 2 aromatic heterocycles. The van der Waals surface area contributed by atoms with Crippen LogP contribution in [0.3, 0.4) is 0 Å². The van der Waals surface area contributed by atoms with Gasteiger partial charge in [-0.25, -0.2) is 4.98 Å². The molecule has 0 aliphatic carbocycles. The minimum atomic E-state index is -0.697. The number of rotatable bonds is 4. The fraction of sp³-hybridized carbons (Fsp3) is 0.167. The maximum absolute atomic E-state index is 10.1. The first-order chi connectivity index (χ1) is 12.5. The lowest BCUT2D eigenvalue weighted by molar-refractivity contribution is 0.164. The van der Waals surface area contributed by atoms with E-state index in [2.05, 4.69) is 20.9 Å². The van der Waals surface area contributed by atoms with E-state index in [0.717, 1.165) is 32.3 Å². The number of nitrogens with zero attached hydrogens (tertiary/aromatic N) is 2. The van der Waals surface area contributed by atoms with Crippen molar-refractivity contribution in [3.8, 4) is 11.4 Å². The van der Waals surface area contributed by atoms with Crippen molar-refractivity contribution in [3.05, 3.63) is 51.0 Å². The first-order valence-corrected chi connectivity index (χ1v) is 9.53. The van der Waals surface area contributed by atoms with Gasteiger partial charge in [-0.05, 0) is 30.3 Å². The van der Waals surface area contributed by atoms with Crippen LogP contribution in [0.5, 0.6) is 0 Å². The van der Waals surface area contributed by atoms with E-state index in [1.807, 2.05) is 29.0 Å². The number of nitrogens with one attached hydrogen (secondary N) is 1. The highest BCUT2D eigenvalue weighted by molar-refractivity contribution is 9.10. The van der Waals surface area contributed by atoms with Crippen molar-refractivity contribution in [3.63, 3.8) is 0 Å². The summed E-state index contributed by atoms with van der Waals surface area (Å²) in [5.41, 5.74) is 9.05. The standard InChI is InChI=1S/C18H15BrCl2N4O/c19-9-1-2-15-11(3-9)12(7-23-15)18-24-16-4-13(20)14(21)5-17(16)25(18)8-10(26)6-22/h1-5,7,10,23,26H,6,8,22H2. The van der Waals surface area contributed by atoms with Crippen LogP contribution in [0, 0.1) is 0 Å². The summed E-state index contributed by atoms with van der Waals surface area (Å²) < 4.78 is 2.90. The van der Waals surface area contributed by atoms with E-state index in [9.17, 15) is 5.11 Å². The first kappa shape index (κ1) is 17.8. The Bertz CT molecular complexity index is 1120. The van der Waals surface area contributed by atoms with Crippen molar-refractivity contribution in [1.82, 2.24) is 14.5 Å². The number of aromatic nitrogens is 3. The summed E-state index contributed by atoms with van der Waals surface area (Å²) >= 11 is 15.9. The molecule has 0 bridgehead atoms. The Kier molecular flexibility index (Phi) is 4.71. The number of aromatic amines is 1. The third kappa shape index (κ3) is 3.02. The summed E-state index contributed by atoms with van der Waals surface area (Å²) in [6.45, 7) is 0.459. The Morgan fingerprint density at radius 2 is 2.00 bits per heavy atom. The monoisotopic (exact) mass is 452 g/mol. The number of hydrogen-bond acceptors (Lipinski definition) is 3. The van der Waals surface area contributed by atoms with Crippen LogP contribution in [0.25, 0.3) is 33.3 Å². The molecule has 0 saturated heterocycles. The Hall–Kier alpha value is -1.57. The summed E-state index contributed by atoms with van der Waals surface area (Å²) in [6.07, 6.45) is 1.21. The molecule has 0 aliphatic heterocycles. The zero-order valence-corrected chi connectivity index (χ0v) is 16.6. The Morgan fingerprint density at radius 3 is 2.77 bits per heavy atom. The molecule has 4 aromatic rings. The van der Waals surface area contributed by atoms with Gasteiger partial charge in [0.2, 0.25) is 0 Å². The largest absolute Gasteiger partial charge is 0.390 e. The van der Waals surface area contributed by atoms with E-state index in [1.54, 1.807) is 12.1 Å². The van der Waals surface area contributed by atoms with Crippen molar-refractivity contribution in [1.29, 1.82) is 0 Å². The van der Waals surface area contributed by atoms with Crippen LogP contribution in [0.4, 0.5) is 0 Å². The van der Waals surface area contributed by atoms with Gasteiger partial charge in [0.1, 0.15) is 5.82 Å². The number of benzene rings is 2. The predicted molar refractivity (Wildman–Crippen MR) is 110 cm³/mol. The molecule has 1 unspecified atom stereocenters. The number of nitrogens with two attached hydrogens (primary N) is 1. The van der Waals surface area contributed by atoms with Crippen LogP contribution in [0.1, 0.15) is 0 Å². The van der Waals surface area contributed by atoms with Gasteiger partial charge in [0, 0.05) is 33.7 Å². The van der Waals surface area contributed by atoms with Crippen molar-refractivity contribution in [2.24, 2.45) is 5.73 Å². The number of H-pyrrole nitrogens is 1. The van der Waals surface area contributed by atoms with Crippen LogP contribution in [0.2, 0.25) is 10.0 Å². The fourth-order valence-corrected chi connectivity index (χ4v) is 3.75. The second-order valence-corrected chi connectivity index (χ2v) is 7.81. The molecule has 0 saturated carbocycles. The van der Waals surface area contributed by atoms with Gasteiger partial charge in [0.15, 0.2) is 0 Å². The first-order valence-electron chi connectivity index (χ1n) is 7.98. The van der Waals surface area contributed by atoms with Crippen LogP contribution >= 0.6 is 39.1 Å². The number of aliphatic hydroxyl groups is 1. The van der Waals surface area contributed by atoms with E-state index in [-0.39, 0.29) is 6.54 Å². The highest BCUT2D eigenvalue weighted by Gasteiger charge is 2.19. The Balaban J connectivity index is 2.01. The van der Waals surface area contributed by atoms with E-state index >= 15 is 0 Å². The average molecular weight is 454 g/mol. The minimum Gasteiger partial charge on any atom is -0.390 e. The molecule has 4 N–H and O–H groups in total. The highest BCUT2D eigenvalue weighted by atomic mass is 79.9. The predicted octanol–water partition coefficient (Wildman–Crippen LogP) is 4.57. The normalized spacial score (nSPS) is 13.0. The highest BCUT2D eigenvalue weighted by Crippen LogP contribution is 2.35. The average Bonchev–Trinajstić information content (AvgIpc) is 3.16. The summed E-state index contributed by atoms with van der Waals surface area (Å²) in [4.78, 5) is 8.02. The molecule has 2 heterocycles. The van der Waals surface area contributed by atoms with E-state index in [4.69, 9.17) is 33.9 Å². The maximum Gasteiger partial charge on any atom is 0.143 e. The van der Waals surface area contributed by atoms with Crippen molar-refractivity contribution in [2.75, 3.05) is 6.54 Å². The SMILES string of the molecule is NCC(O)Cn1c(-c2c[nH]c3ccc(Br)cc23)nc2cc(Cl)c(Cl)cc21. The molecule has 0 spiro atoms. The summed E-state index contributed by atoms with van der Waals surface area (Å²) in [5, 5.41) is 12.0. The second-order valence-electron chi connectivity index (χ2n) is 6.08. The molecule has 0 amide bonds. The molecule has 0 aliphatic rings. The topological polar surface area (TPSA) is 79.9 Å². The van der Waals surface area contributed by atoms with Gasteiger partial charge in [0.05, 0.1) is 33.7 Å². The third-order valence-corrected chi connectivity index (χ3v) is 5.56. The lowest BCUT2D eigenvalue weighted by Crippen LogP contribution is -2.25. The molecule has 134 valence electrons. The Labute approximate surface area is 167 Å². The molecular weight excluding hydrogens is 439 g/mol. The zero-order chi connectivity index (χ0) is 18.4. The van der Waals surface area contributed by atoms with Crippen molar-refractivity contribution < 1.29 is 5.11 Å². The fourth-order valence-electron chi connectivity index (χ4n) is 3.07. The number of aliphatic hydroxyl groups excluding tert-OH is 1. The lowest BCUT2D eigenvalue weighted by Gasteiger charge is -2.13. The van der Waals surface area contributed by atoms with Gasteiger partial charge in [-0.15, -0.1) is 0 Å². The molecule has 26 heavy (non-hydrogen) atoms. The number of imidazole rings is 1. The molecule has 2 aromatic carbocycles. The van der Waals surface area contributed by atoms with Crippen LogP contribution in [0.15, 0.2) is 41.0 Å². The van der Waals surface area contributed by atoms with E-state index in [0.29, 0.717) is 22.1 Å². The molecular formula is C18H15BrCl2N4O. The molecule has 8 heteroatoms. The van der Waals surface area contributed by atoms with Crippen molar-refractivity contribution >= 4 is 61.1 Å². The van der Waals surface area contributed by atoms with Gasteiger partial charge >= 0.3 is 0 Å². The summed E-state index contributed by atoms with van der Waals surface area (Å²) in [6, 6.07) is 9.51. The quantitative estimate of drug-likeness (QED) is 0.423. The van der Waals surface area contributed by atoms with Crippen LogP contribution in [-0.2, 0) is 6.54 Å². The minimum absolute atomic E-state index is 0.153. The maximum atomic E-state index is 10.1. The smallest absolute Gasteiger partial charge is 0.143 e. The molecule has 0 radical (unpaired) electrons. The van der Waals surface area contributed by atoms with Gasteiger partial charge in [-0.1, -0.05) is 39.1 Å². The van der Waals surface area contributed by atoms with Gasteiger partial charge < -0.3 is 20.4 Å². The van der Waals surface area contributed by atoms with Crippen molar-refractivity contribution in [2.45, 2.75) is 12.6 Å². The van der Waals surface area contributed by atoms with E-state index in [1.165, 1.54) is 0 Å². The molecule has 4 rings (SSSR count).